The topological polar surface area (TPSA) is 64.4 Å². The molecule has 120 valence electrons. The first-order valence-electron chi connectivity index (χ1n) is 7.65. The van der Waals surface area contributed by atoms with E-state index >= 15 is 0 Å². The number of piperidine rings is 1. The number of ether oxygens (including phenoxy) is 1. The Labute approximate surface area is 140 Å². The van der Waals surface area contributed by atoms with Gasteiger partial charge >= 0.3 is 5.97 Å². The maximum Gasteiger partial charge on any atom is 0.339 e. The van der Waals surface area contributed by atoms with E-state index in [2.05, 4.69) is 5.32 Å². The highest BCUT2D eigenvalue weighted by Crippen LogP contribution is 2.36. The fraction of sp³-hybridized carbons (Fsp3) is 0.278. The van der Waals surface area contributed by atoms with Crippen molar-refractivity contribution in [3.8, 4) is 0 Å². The van der Waals surface area contributed by atoms with Gasteiger partial charge in [0.15, 0.2) is 0 Å². The fourth-order valence-corrected chi connectivity index (χ4v) is 3.09. The molecule has 1 heterocycles. The molecule has 1 aliphatic rings. The van der Waals surface area contributed by atoms with Crippen LogP contribution in [-0.4, -0.2) is 19.1 Å². The first kappa shape index (κ1) is 15.8. The molecule has 23 heavy (non-hydrogen) atoms. The average molecular weight is 331 g/mol. The number of hydrogen-bond donors (Lipinski definition) is 2. The van der Waals surface area contributed by atoms with Gasteiger partial charge in [-0.2, -0.15) is 0 Å². The summed E-state index contributed by atoms with van der Waals surface area (Å²) in [4.78, 5) is 12.6. The largest absolute Gasteiger partial charge is 0.450 e. The van der Waals surface area contributed by atoms with Crippen LogP contribution in [0, 0.1) is 0 Å². The lowest BCUT2D eigenvalue weighted by molar-refractivity contribution is -0.0378. The molecule has 2 aromatic carbocycles. The van der Waals surface area contributed by atoms with Crippen LogP contribution in [0.4, 0.5) is 5.69 Å². The second kappa shape index (κ2) is 6.60. The number of nitrogens with one attached hydrogen (secondary N) is 1. The summed E-state index contributed by atoms with van der Waals surface area (Å²) < 4.78 is 5.97. The molecule has 4 nitrogen and oxygen atoms in total. The van der Waals surface area contributed by atoms with Crippen LogP contribution in [0.2, 0.25) is 5.02 Å². The zero-order valence-corrected chi connectivity index (χ0v) is 13.5. The Morgan fingerprint density at radius 1 is 1.13 bits per heavy atom. The van der Waals surface area contributed by atoms with Gasteiger partial charge in [-0.15, -0.1) is 0 Å². The summed E-state index contributed by atoms with van der Waals surface area (Å²) in [5, 5.41) is 3.67. The van der Waals surface area contributed by atoms with Gasteiger partial charge in [-0.25, -0.2) is 4.79 Å². The third kappa shape index (κ3) is 3.33. The maximum absolute atomic E-state index is 12.6. The number of hydrogen-bond acceptors (Lipinski definition) is 4. The third-order valence-electron chi connectivity index (χ3n) is 4.24. The summed E-state index contributed by atoms with van der Waals surface area (Å²) in [6.07, 6.45) is 1.48. The summed E-state index contributed by atoms with van der Waals surface area (Å²) in [5.41, 5.74) is 6.98. The second-order valence-electron chi connectivity index (χ2n) is 5.74. The van der Waals surface area contributed by atoms with Crippen LogP contribution < -0.4 is 11.1 Å². The highest BCUT2D eigenvalue weighted by atomic mass is 35.5. The lowest BCUT2D eigenvalue weighted by atomic mass is 9.84. The molecule has 0 amide bonds. The van der Waals surface area contributed by atoms with Gasteiger partial charge in [0, 0.05) is 12.8 Å². The summed E-state index contributed by atoms with van der Waals surface area (Å²) in [5.74, 6) is -0.377. The van der Waals surface area contributed by atoms with E-state index in [0.717, 1.165) is 31.5 Å². The average Bonchev–Trinajstić information content (AvgIpc) is 2.59. The quantitative estimate of drug-likeness (QED) is 0.669. The monoisotopic (exact) mass is 330 g/mol. The number of nitrogens with two attached hydrogens (primary N) is 1. The van der Waals surface area contributed by atoms with E-state index < -0.39 is 5.60 Å². The minimum absolute atomic E-state index is 0.360. The standard InChI is InChI=1S/C18H19ClN2O2/c19-15-12-13(6-7-16(15)20)17(22)23-18(8-10-21-11-9-18)14-4-2-1-3-5-14/h1-7,12,21H,8-11,20H2. The van der Waals surface area contributed by atoms with Crippen molar-refractivity contribution in [2.75, 3.05) is 18.8 Å². The number of carbonyl (C=O) groups excluding carboxylic acids is 1. The number of anilines is 1. The van der Waals surface area contributed by atoms with Gasteiger partial charge in [0.25, 0.3) is 0 Å². The van der Waals surface area contributed by atoms with E-state index in [1.807, 2.05) is 30.3 Å². The lowest BCUT2D eigenvalue weighted by Crippen LogP contribution is -2.43. The Kier molecular flexibility index (Phi) is 4.55. The van der Waals surface area contributed by atoms with Crippen molar-refractivity contribution in [1.82, 2.24) is 5.32 Å². The Hall–Kier alpha value is -2.04. The zero-order valence-electron chi connectivity index (χ0n) is 12.7. The summed E-state index contributed by atoms with van der Waals surface area (Å²) in [6.45, 7) is 1.62. The van der Waals surface area contributed by atoms with Crippen LogP contribution >= 0.6 is 11.6 Å². The number of rotatable bonds is 3. The van der Waals surface area contributed by atoms with Crippen LogP contribution in [-0.2, 0) is 10.3 Å². The van der Waals surface area contributed by atoms with Crippen molar-refractivity contribution in [1.29, 1.82) is 0 Å². The van der Waals surface area contributed by atoms with Gasteiger partial charge < -0.3 is 15.8 Å². The molecule has 1 saturated heterocycles. The molecule has 5 heteroatoms. The van der Waals surface area contributed by atoms with Crippen LogP contribution in [0.15, 0.2) is 48.5 Å². The molecule has 0 bridgehead atoms. The lowest BCUT2D eigenvalue weighted by Gasteiger charge is -2.37. The fourth-order valence-electron chi connectivity index (χ4n) is 2.91. The Balaban J connectivity index is 1.89. The predicted octanol–water partition coefficient (Wildman–Crippen LogP) is 3.36. The first-order valence-corrected chi connectivity index (χ1v) is 8.03. The molecular formula is C18H19ClN2O2. The Bertz CT molecular complexity index is 697. The highest BCUT2D eigenvalue weighted by molar-refractivity contribution is 6.33. The number of halogens is 1. The molecule has 1 aliphatic heterocycles. The van der Waals surface area contributed by atoms with Crippen LogP contribution in [0.25, 0.3) is 0 Å². The molecule has 3 rings (SSSR count). The summed E-state index contributed by atoms with van der Waals surface area (Å²) in [6, 6.07) is 14.7. The molecule has 1 fully saturated rings. The van der Waals surface area contributed by atoms with Crippen molar-refractivity contribution in [3.63, 3.8) is 0 Å². The smallest absolute Gasteiger partial charge is 0.339 e. The molecule has 0 saturated carbocycles. The molecule has 0 aliphatic carbocycles. The zero-order chi connectivity index (χ0) is 16.3. The Morgan fingerprint density at radius 2 is 1.83 bits per heavy atom. The van der Waals surface area contributed by atoms with Gasteiger partial charge in [-0.05, 0) is 36.9 Å². The van der Waals surface area contributed by atoms with Crippen molar-refractivity contribution in [3.05, 3.63) is 64.7 Å². The van der Waals surface area contributed by atoms with E-state index in [-0.39, 0.29) is 5.97 Å². The number of nitrogen functional groups attached to an aromatic ring is 1. The van der Waals surface area contributed by atoms with Crippen molar-refractivity contribution >= 4 is 23.3 Å². The Morgan fingerprint density at radius 3 is 2.48 bits per heavy atom. The number of carbonyl (C=O) groups is 1. The molecule has 3 N–H and O–H groups in total. The maximum atomic E-state index is 12.6. The third-order valence-corrected chi connectivity index (χ3v) is 4.56. The predicted molar refractivity (Wildman–Crippen MR) is 91.5 cm³/mol. The SMILES string of the molecule is Nc1ccc(C(=O)OC2(c3ccccc3)CCNCC2)cc1Cl. The van der Waals surface area contributed by atoms with Gasteiger partial charge in [-0.3, -0.25) is 0 Å². The first-order chi connectivity index (χ1) is 11.1. The van der Waals surface area contributed by atoms with E-state index in [4.69, 9.17) is 22.1 Å². The molecule has 2 aromatic rings. The van der Waals surface area contributed by atoms with Gasteiger partial charge in [0.05, 0.1) is 16.3 Å². The van der Waals surface area contributed by atoms with Gasteiger partial charge in [-0.1, -0.05) is 41.9 Å². The van der Waals surface area contributed by atoms with Crippen molar-refractivity contribution in [2.45, 2.75) is 18.4 Å². The van der Waals surface area contributed by atoms with Crippen LogP contribution in [0.5, 0.6) is 0 Å². The second-order valence-corrected chi connectivity index (χ2v) is 6.14. The van der Waals surface area contributed by atoms with E-state index in [1.54, 1.807) is 18.2 Å². The van der Waals surface area contributed by atoms with E-state index in [0.29, 0.717) is 16.3 Å². The van der Waals surface area contributed by atoms with Crippen LogP contribution in [0.3, 0.4) is 0 Å². The number of benzene rings is 2. The molecule has 0 radical (unpaired) electrons. The minimum Gasteiger partial charge on any atom is -0.450 e. The molecule has 0 atom stereocenters. The molecular weight excluding hydrogens is 312 g/mol. The molecule has 0 unspecified atom stereocenters. The summed E-state index contributed by atoms with van der Waals surface area (Å²) in [7, 11) is 0. The molecule has 0 aromatic heterocycles. The highest BCUT2D eigenvalue weighted by Gasteiger charge is 2.38. The van der Waals surface area contributed by atoms with E-state index in [1.165, 1.54) is 0 Å². The normalized spacial score (nSPS) is 16.7. The van der Waals surface area contributed by atoms with Crippen LogP contribution in [0.1, 0.15) is 28.8 Å². The van der Waals surface area contributed by atoms with Gasteiger partial charge in [0.2, 0.25) is 0 Å². The van der Waals surface area contributed by atoms with Gasteiger partial charge in [0.1, 0.15) is 5.60 Å². The number of esters is 1. The summed E-state index contributed by atoms with van der Waals surface area (Å²) >= 11 is 6.01. The molecule has 0 spiro atoms. The van der Waals surface area contributed by atoms with Crippen molar-refractivity contribution in [2.24, 2.45) is 0 Å². The van der Waals surface area contributed by atoms with Crippen molar-refractivity contribution < 1.29 is 9.53 Å². The minimum atomic E-state index is -0.600. The van der Waals surface area contributed by atoms with E-state index in [9.17, 15) is 4.79 Å².